The number of halogens is 2. The highest BCUT2D eigenvalue weighted by Crippen LogP contribution is 2.22. The average molecular weight is 424 g/mol. The largest absolute Gasteiger partial charge is 0.449 e. The standard InChI is InChI=1S/C19H18F2N2O5S/c1-11(18(24)22-17-15(20)3-2-4-16(17)21)28-19(25)12-5-9-14(10-6-12)29(26,27)23-13-7-8-13/h2-6,9-11,13,23H,7-8H2,1H3,(H,22,24). The van der Waals surface area contributed by atoms with Crippen LogP contribution in [0.5, 0.6) is 0 Å². The van der Waals surface area contributed by atoms with Crippen LogP contribution in [0.2, 0.25) is 0 Å². The van der Waals surface area contributed by atoms with Gasteiger partial charge in [-0.2, -0.15) is 0 Å². The summed E-state index contributed by atoms with van der Waals surface area (Å²) in [4.78, 5) is 24.2. The molecule has 154 valence electrons. The van der Waals surface area contributed by atoms with Gasteiger partial charge in [0.15, 0.2) is 6.10 Å². The zero-order valence-electron chi connectivity index (χ0n) is 15.3. The zero-order valence-corrected chi connectivity index (χ0v) is 16.1. The maximum Gasteiger partial charge on any atom is 0.338 e. The molecule has 0 radical (unpaired) electrons. The highest BCUT2D eigenvalue weighted by Gasteiger charge is 2.28. The van der Waals surface area contributed by atoms with Crippen molar-refractivity contribution in [1.29, 1.82) is 0 Å². The van der Waals surface area contributed by atoms with Gasteiger partial charge in [0.05, 0.1) is 10.5 Å². The van der Waals surface area contributed by atoms with Crippen LogP contribution < -0.4 is 10.0 Å². The van der Waals surface area contributed by atoms with E-state index in [-0.39, 0.29) is 16.5 Å². The summed E-state index contributed by atoms with van der Waals surface area (Å²) in [5.41, 5.74) is -0.620. The van der Waals surface area contributed by atoms with E-state index in [1.54, 1.807) is 0 Å². The number of amides is 1. The second kappa shape index (κ2) is 8.26. The Kier molecular flexibility index (Phi) is 5.94. The Labute approximate surface area is 166 Å². The van der Waals surface area contributed by atoms with Crippen molar-refractivity contribution < 1.29 is 31.5 Å². The number of esters is 1. The molecule has 0 saturated heterocycles. The van der Waals surface area contributed by atoms with Crippen LogP contribution in [0, 0.1) is 11.6 Å². The second-order valence-corrected chi connectivity index (χ2v) is 8.27. The van der Waals surface area contributed by atoms with Gasteiger partial charge < -0.3 is 10.1 Å². The lowest BCUT2D eigenvalue weighted by Crippen LogP contribution is -2.30. The Hall–Kier alpha value is -2.85. The van der Waals surface area contributed by atoms with Gasteiger partial charge in [0.1, 0.15) is 17.3 Å². The number of sulfonamides is 1. The number of benzene rings is 2. The van der Waals surface area contributed by atoms with Gasteiger partial charge in [-0.1, -0.05) is 6.07 Å². The highest BCUT2D eigenvalue weighted by atomic mass is 32.2. The molecule has 1 unspecified atom stereocenters. The maximum absolute atomic E-state index is 13.6. The molecule has 1 fully saturated rings. The molecule has 0 aromatic heterocycles. The minimum atomic E-state index is -3.66. The van der Waals surface area contributed by atoms with Crippen molar-refractivity contribution in [3.63, 3.8) is 0 Å². The fraction of sp³-hybridized carbons (Fsp3) is 0.263. The van der Waals surface area contributed by atoms with E-state index in [1.807, 2.05) is 5.32 Å². The van der Waals surface area contributed by atoms with Crippen molar-refractivity contribution >= 4 is 27.6 Å². The minimum absolute atomic E-state index is 0.00164. The molecule has 1 amide bonds. The number of carbonyl (C=O) groups excluding carboxylic acids is 2. The quantitative estimate of drug-likeness (QED) is 0.666. The van der Waals surface area contributed by atoms with Crippen LogP contribution in [0.4, 0.5) is 14.5 Å². The molecule has 1 saturated carbocycles. The van der Waals surface area contributed by atoms with Crippen molar-refractivity contribution in [2.75, 3.05) is 5.32 Å². The van der Waals surface area contributed by atoms with Crippen LogP contribution in [-0.4, -0.2) is 32.4 Å². The molecule has 1 aliphatic carbocycles. The Morgan fingerprint density at radius 3 is 2.21 bits per heavy atom. The smallest absolute Gasteiger partial charge is 0.338 e. The number of nitrogens with one attached hydrogen (secondary N) is 2. The third-order valence-electron chi connectivity index (χ3n) is 4.16. The summed E-state index contributed by atoms with van der Waals surface area (Å²) in [6, 6.07) is 8.06. The van der Waals surface area contributed by atoms with Gasteiger partial charge in [-0.15, -0.1) is 0 Å². The van der Waals surface area contributed by atoms with E-state index >= 15 is 0 Å². The van der Waals surface area contributed by atoms with Gasteiger partial charge in [0, 0.05) is 6.04 Å². The molecule has 0 heterocycles. The first kappa shape index (κ1) is 20.9. The molecule has 10 heteroatoms. The third kappa shape index (κ3) is 5.15. The summed E-state index contributed by atoms with van der Waals surface area (Å²) in [5.74, 6) is -3.74. The van der Waals surface area contributed by atoms with Crippen LogP contribution in [0.25, 0.3) is 0 Å². The lowest BCUT2D eigenvalue weighted by Gasteiger charge is -2.14. The molecule has 2 N–H and O–H groups in total. The molecule has 0 bridgehead atoms. The number of hydrogen-bond donors (Lipinski definition) is 2. The van der Waals surface area contributed by atoms with Crippen molar-refractivity contribution in [2.45, 2.75) is 36.8 Å². The maximum atomic E-state index is 13.6. The Balaban J connectivity index is 1.62. The van der Waals surface area contributed by atoms with E-state index in [0.717, 1.165) is 31.0 Å². The summed E-state index contributed by atoms with van der Waals surface area (Å²) in [6.45, 7) is 1.24. The molecule has 2 aromatic carbocycles. The van der Waals surface area contributed by atoms with Crippen molar-refractivity contribution in [1.82, 2.24) is 4.72 Å². The van der Waals surface area contributed by atoms with E-state index < -0.39 is 45.3 Å². The Morgan fingerprint density at radius 2 is 1.66 bits per heavy atom. The van der Waals surface area contributed by atoms with Crippen LogP contribution in [0.3, 0.4) is 0 Å². The van der Waals surface area contributed by atoms with Crippen molar-refractivity contribution in [3.05, 3.63) is 59.7 Å². The number of para-hydroxylation sites is 1. The summed E-state index contributed by atoms with van der Waals surface area (Å²) in [5, 5.41) is 2.03. The monoisotopic (exact) mass is 424 g/mol. The first-order chi connectivity index (χ1) is 13.7. The van der Waals surface area contributed by atoms with Crippen molar-refractivity contribution in [3.8, 4) is 0 Å². The fourth-order valence-corrected chi connectivity index (χ4v) is 3.69. The molecule has 1 aliphatic rings. The van der Waals surface area contributed by atoms with Crippen LogP contribution in [0.1, 0.15) is 30.1 Å². The number of anilines is 1. The lowest BCUT2D eigenvalue weighted by molar-refractivity contribution is -0.123. The summed E-state index contributed by atoms with van der Waals surface area (Å²) < 4.78 is 58.9. The molecular formula is C19H18F2N2O5S. The van der Waals surface area contributed by atoms with Crippen LogP contribution >= 0.6 is 0 Å². The van der Waals surface area contributed by atoms with Gasteiger partial charge in [0.25, 0.3) is 5.91 Å². The van der Waals surface area contributed by atoms with Gasteiger partial charge in [-0.25, -0.2) is 26.7 Å². The van der Waals surface area contributed by atoms with Gasteiger partial charge in [-0.05, 0) is 56.2 Å². The van der Waals surface area contributed by atoms with E-state index in [1.165, 1.54) is 31.2 Å². The van der Waals surface area contributed by atoms with E-state index in [4.69, 9.17) is 4.74 Å². The summed E-state index contributed by atoms with van der Waals surface area (Å²) in [6.07, 6.45) is 0.238. The zero-order chi connectivity index (χ0) is 21.2. The molecule has 1 atom stereocenters. The van der Waals surface area contributed by atoms with Gasteiger partial charge >= 0.3 is 5.97 Å². The number of rotatable bonds is 7. The Morgan fingerprint density at radius 1 is 1.07 bits per heavy atom. The molecule has 0 spiro atoms. The third-order valence-corrected chi connectivity index (χ3v) is 5.70. The fourth-order valence-electron chi connectivity index (χ4n) is 2.38. The lowest BCUT2D eigenvalue weighted by atomic mass is 10.2. The van der Waals surface area contributed by atoms with E-state index in [2.05, 4.69) is 4.72 Å². The molecule has 0 aliphatic heterocycles. The summed E-state index contributed by atoms with van der Waals surface area (Å²) in [7, 11) is -3.66. The first-order valence-electron chi connectivity index (χ1n) is 8.75. The molecule has 7 nitrogen and oxygen atoms in total. The van der Waals surface area contributed by atoms with Gasteiger partial charge in [0.2, 0.25) is 10.0 Å². The molecule has 3 rings (SSSR count). The predicted molar refractivity (Wildman–Crippen MR) is 99.7 cm³/mol. The van der Waals surface area contributed by atoms with Crippen molar-refractivity contribution in [2.24, 2.45) is 0 Å². The minimum Gasteiger partial charge on any atom is -0.449 e. The Bertz CT molecular complexity index is 1020. The van der Waals surface area contributed by atoms with Crippen LogP contribution in [-0.2, 0) is 19.6 Å². The molecular weight excluding hydrogens is 406 g/mol. The number of hydrogen-bond acceptors (Lipinski definition) is 5. The predicted octanol–water partition coefficient (Wildman–Crippen LogP) is 2.59. The highest BCUT2D eigenvalue weighted by molar-refractivity contribution is 7.89. The summed E-state index contributed by atoms with van der Waals surface area (Å²) >= 11 is 0. The molecule has 2 aromatic rings. The number of ether oxygens (including phenoxy) is 1. The molecule has 29 heavy (non-hydrogen) atoms. The van der Waals surface area contributed by atoms with E-state index in [9.17, 15) is 26.8 Å². The second-order valence-electron chi connectivity index (χ2n) is 6.55. The van der Waals surface area contributed by atoms with Gasteiger partial charge in [-0.3, -0.25) is 4.79 Å². The van der Waals surface area contributed by atoms with Crippen LogP contribution in [0.15, 0.2) is 47.4 Å². The topological polar surface area (TPSA) is 102 Å². The normalized spacial score (nSPS) is 14.9. The SMILES string of the molecule is CC(OC(=O)c1ccc(S(=O)(=O)NC2CC2)cc1)C(=O)Nc1c(F)cccc1F. The number of carbonyl (C=O) groups is 2. The first-order valence-corrected chi connectivity index (χ1v) is 10.2. The van der Waals surface area contributed by atoms with E-state index in [0.29, 0.717) is 0 Å². The average Bonchev–Trinajstić information content (AvgIpc) is 3.48.